The molecule has 0 amide bonds. The molecule has 0 aromatic heterocycles. The lowest BCUT2D eigenvalue weighted by Gasteiger charge is -2.27. The molecule has 0 atom stereocenters. The largest absolute Gasteiger partial charge is 0.0622 e. The minimum atomic E-state index is 0.0204. The van der Waals surface area contributed by atoms with E-state index in [4.69, 9.17) is 0 Å². The van der Waals surface area contributed by atoms with Crippen LogP contribution in [0.1, 0.15) is 30.5 Å². The van der Waals surface area contributed by atoms with E-state index < -0.39 is 0 Å². The first kappa shape index (κ1) is 10.9. The van der Waals surface area contributed by atoms with Crippen molar-refractivity contribution in [3.63, 3.8) is 0 Å². The van der Waals surface area contributed by atoms with E-state index in [1.165, 1.54) is 16.7 Å². The number of benzene rings is 2. The monoisotopic (exact) mass is 209 g/mol. The van der Waals surface area contributed by atoms with Crippen LogP contribution < -0.4 is 0 Å². The molecule has 0 bridgehead atoms. The molecule has 0 heterocycles. The van der Waals surface area contributed by atoms with E-state index in [9.17, 15) is 0 Å². The quantitative estimate of drug-likeness (QED) is 0.698. The molecule has 0 fully saturated rings. The molecular weight excluding hydrogens is 192 g/mol. The topological polar surface area (TPSA) is 0 Å². The van der Waals surface area contributed by atoms with Gasteiger partial charge in [-0.25, -0.2) is 0 Å². The van der Waals surface area contributed by atoms with Gasteiger partial charge in [0.05, 0.1) is 0 Å². The minimum absolute atomic E-state index is 0.0204. The third-order valence-corrected chi connectivity index (χ3v) is 3.18. The van der Waals surface area contributed by atoms with Crippen LogP contribution in [0.4, 0.5) is 0 Å². The summed E-state index contributed by atoms with van der Waals surface area (Å²) in [6.07, 6.45) is 0. The van der Waals surface area contributed by atoms with Crippen molar-refractivity contribution in [2.24, 2.45) is 0 Å². The third-order valence-electron chi connectivity index (χ3n) is 3.18. The van der Waals surface area contributed by atoms with Gasteiger partial charge in [0, 0.05) is 5.41 Å². The first-order valence-corrected chi connectivity index (χ1v) is 5.65. The van der Waals surface area contributed by atoms with Crippen LogP contribution in [-0.4, -0.2) is 0 Å². The van der Waals surface area contributed by atoms with E-state index in [1.54, 1.807) is 0 Å². The van der Waals surface area contributed by atoms with Gasteiger partial charge in [0.25, 0.3) is 0 Å². The number of hydrogen-bond donors (Lipinski definition) is 0. The molecule has 81 valence electrons. The molecule has 0 saturated carbocycles. The second-order valence-electron chi connectivity index (χ2n) is 4.72. The highest BCUT2D eigenvalue weighted by Crippen LogP contribution is 2.32. The Kier molecular flexibility index (Phi) is 2.82. The van der Waals surface area contributed by atoms with Gasteiger partial charge in [0.2, 0.25) is 0 Å². The van der Waals surface area contributed by atoms with E-state index in [-0.39, 0.29) is 5.41 Å². The highest BCUT2D eigenvalue weighted by atomic mass is 14.3. The average Bonchev–Trinajstić information content (AvgIpc) is 2.30. The lowest BCUT2D eigenvalue weighted by atomic mass is 9.76. The molecule has 2 rings (SSSR count). The fourth-order valence-electron chi connectivity index (χ4n) is 2.19. The van der Waals surface area contributed by atoms with Crippen molar-refractivity contribution in [2.45, 2.75) is 26.2 Å². The smallest absolute Gasteiger partial charge is 0.0155 e. The molecule has 0 aliphatic heterocycles. The van der Waals surface area contributed by atoms with Crippen LogP contribution in [0.25, 0.3) is 0 Å². The van der Waals surface area contributed by atoms with Crippen LogP contribution in [0.15, 0.2) is 48.5 Å². The third kappa shape index (κ3) is 1.88. The van der Waals surface area contributed by atoms with Gasteiger partial charge >= 0.3 is 0 Å². The zero-order valence-electron chi connectivity index (χ0n) is 10.1. The van der Waals surface area contributed by atoms with Gasteiger partial charge in [-0.3, -0.25) is 0 Å². The van der Waals surface area contributed by atoms with Crippen molar-refractivity contribution in [3.05, 3.63) is 71.3 Å². The molecule has 0 aliphatic rings. The van der Waals surface area contributed by atoms with Crippen molar-refractivity contribution in [1.82, 2.24) is 0 Å². The van der Waals surface area contributed by atoms with Crippen LogP contribution in [0, 0.1) is 13.0 Å². The molecule has 0 spiro atoms. The fraction of sp³-hybridized carbons (Fsp3) is 0.250. The van der Waals surface area contributed by atoms with Crippen LogP contribution >= 0.6 is 0 Å². The van der Waals surface area contributed by atoms with Crippen molar-refractivity contribution in [2.75, 3.05) is 0 Å². The van der Waals surface area contributed by atoms with Gasteiger partial charge < -0.3 is 0 Å². The predicted octanol–water partition coefficient (Wildman–Crippen LogP) is 4.12. The standard InChI is InChI=1S/C16H17/c1-13-9-7-8-12-15(13)16(2,3)14-10-5-4-6-11-14/h4-11H,1-3H3. The molecule has 0 aliphatic carbocycles. The Balaban J connectivity index is 2.51. The molecule has 0 N–H and O–H groups in total. The lowest BCUT2D eigenvalue weighted by Crippen LogP contribution is -2.20. The Labute approximate surface area is 97.9 Å². The van der Waals surface area contributed by atoms with Crippen LogP contribution in [0.3, 0.4) is 0 Å². The summed E-state index contributed by atoms with van der Waals surface area (Å²) in [5.41, 5.74) is 3.94. The molecule has 0 unspecified atom stereocenters. The Hall–Kier alpha value is -1.56. The van der Waals surface area contributed by atoms with Crippen LogP contribution in [-0.2, 0) is 5.41 Å². The highest BCUT2D eigenvalue weighted by molar-refractivity contribution is 5.40. The summed E-state index contributed by atoms with van der Waals surface area (Å²) in [6.45, 7) is 6.65. The molecule has 1 radical (unpaired) electrons. The van der Waals surface area contributed by atoms with E-state index >= 15 is 0 Å². The van der Waals surface area contributed by atoms with Gasteiger partial charge in [-0.15, -0.1) is 0 Å². The lowest BCUT2D eigenvalue weighted by molar-refractivity contribution is 0.635. The van der Waals surface area contributed by atoms with E-state index in [2.05, 4.69) is 63.2 Å². The van der Waals surface area contributed by atoms with Gasteiger partial charge in [-0.05, 0) is 29.7 Å². The van der Waals surface area contributed by atoms with Gasteiger partial charge in [-0.2, -0.15) is 0 Å². The maximum atomic E-state index is 3.38. The molecule has 2 aromatic carbocycles. The average molecular weight is 209 g/mol. The maximum Gasteiger partial charge on any atom is 0.0155 e. The molecule has 0 nitrogen and oxygen atoms in total. The number of hydrogen-bond acceptors (Lipinski definition) is 0. The van der Waals surface area contributed by atoms with Crippen molar-refractivity contribution in [3.8, 4) is 0 Å². The van der Waals surface area contributed by atoms with E-state index in [0.717, 1.165) is 0 Å². The summed E-state index contributed by atoms with van der Waals surface area (Å²) >= 11 is 0. The number of rotatable bonds is 2. The van der Waals surface area contributed by atoms with E-state index in [1.807, 2.05) is 12.1 Å². The maximum absolute atomic E-state index is 3.38. The van der Waals surface area contributed by atoms with Crippen molar-refractivity contribution in [1.29, 1.82) is 0 Å². The predicted molar refractivity (Wildman–Crippen MR) is 68.6 cm³/mol. The summed E-state index contributed by atoms with van der Waals surface area (Å²) in [6, 6.07) is 20.2. The second kappa shape index (κ2) is 4.13. The zero-order valence-corrected chi connectivity index (χ0v) is 10.1. The summed E-state index contributed by atoms with van der Waals surface area (Å²) in [4.78, 5) is 0. The Morgan fingerprint density at radius 1 is 0.938 bits per heavy atom. The van der Waals surface area contributed by atoms with E-state index in [0.29, 0.717) is 0 Å². The first-order chi connectivity index (χ1) is 7.62. The molecule has 0 heteroatoms. The first-order valence-electron chi connectivity index (χ1n) is 5.65. The summed E-state index contributed by atoms with van der Waals surface area (Å²) in [7, 11) is 0. The minimum Gasteiger partial charge on any atom is -0.0622 e. The van der Waals surface area contributed by atoms with Gasteiger partial charge in [-0.1, -0.05) is 62.4 Å². The summed E-state index contributed by atoms with van der Waals surface area (Å²) in [5.74, 6) is 0. The van der Waals surface area contributed by atoms with Crippen molar-refractivity contribution >= 4 is 0 Å². The molecular formula is C16H17. The van der Waals surface area contributed by atoms with Gasteiger partial charge in [0.1, 0.15) is 0 Å². The Bertz CT molecular complexity index is 466. The van der Waals surface area contributed by atoms with Crippen LogP contribution in [0.2, 0.25) is 0 Å². The SMILES string of the molecule is Cc1ccc[c]c1C(C)(C)c1ccccc1. The second-order valence-corrected chi connectivity index (χ2v) is 4.72. The Morgan fingerprint density at radius 2 is 1.62 bits per heavy atom. The zero-order chi connectivity index (χ0) is 11.6. The molecule has 0 saturated heterocycles. The normalized spacial score (nSPS) is 11.4. The molecule has 2 aromatic rings. The summed E-state index contributed by atoms with van der Waals surface area (Å²) in [5, 5.41) is 0. The highest BCUT2D eigenvalue weighted by Gasteiger charge is 2.24. The van der Waals surface area contributed by atoms with Crippen LogP contribution in [0.5, 0.6) is 0 Å². The number of aryl methyl sites for hydroxylation is 1. The van der Waals surface area contributed by atoms with Crippen molar-refractivity contribution < 1.29 is 0 Å². The molecule has 16 heavy (non-hydrogen) atoms. The Morgan fingerprint density at radius 3 is 2.25 bits per heavy atom. The fourth-order valence-corrected chi connectivity index (χ4v) is 2.19. The van der Waals surface area contributed by atoms with Gasteiger partial charge in [0.15, 0.2) is 0 Å². The summed E-state index contributed by atoms with van der Waals surface area (Å²) < 4.78 is 0.